The molecular weight excluding hydrogens is 304 g/mol. The Bertz CT molecular complexity index is 583. The second kappa shape index (κ2) is 8.61. The van der Waals surface area contributed by atoms with Gasteiger partial charge in [-0.05, 0) is 57.7 Å². The molecule has 0 bridgehead atoms. The first-order valence-electron chi connectivity index (χ1n) is 8.20. The van der Waals surface area contributed by atoms with E-state index in [0.717, 1.165) is 31.6 Å². The van der Waals surface area contributed by atoms with Crippen molar-refractivity contribution in [3.05, 3.63) is 36.9 Å². The Morgan fingerprint density at radius 1 is 1.25 bits per heavy atom. The van der Waals surface area contributed by atoms with Gasteiger partial charge in [0, 0.05) is 17.9 Å². The number of nitrogens with zero attached hydrogens (tertiary/aromatic N) is 2. The van der Waals surface area contributed by atoms with E-state index in [9.17, 15) is 9.59 Å². The lowest BCUT2D eigenvalue weighted by Crippen LogP contribution is -2.39. The van der Waals surface area contributed by atoms with Gasteiger partial charge in [0.2, 0.25) is 11.8 Å². The summed E-state index contributed by atoms with van der Waals surface area (Å²) in [5, 5.41) is 5.77. The lowest BCUT2D eigenvalue weighted by molar-refractivity contribution is -0.120. The average molecular weight is 330 g/mol. The monoisotopic (exact) mass is 330 g/mol. The Morgan fingerprint density at radius 3 is 2.46 bits per heavy atom. The number of rotatable bonds is 7. The Kier molecular flexibility index (Phi) is 6.52. The van der Waals surface area contributed by atoms with Gasteiger partial charge in [-0.2, -0.15) is 0 Å². The topological polar surface area (TPSA) is 64.7 Å². The molecule has 1 aliphatic heterocycles. The van der Waals surface area contributed by atoms with Gasteiger partial charge in [0.25, 0.3) is 0 Å². The van der Waals surface area contributed by atoms with Gasteiger partial charge in [-0.15, -0.1) is 6.58 Å². The maximum atomic E-state index is 12.4. The summed E-state index contributed by atoms with van der Waals surface area (Å²) >= 11 is 0. The summed E-state index contributed by atoms with van der Waals surface area (Å²) in [6, 6.07) is 7.09. The second-order valence-corrected chi connectivity index (χ2v) is 6.29. The first-order chi connectivity index (χ1) is 11.5. The van der Waals surface area contributed by atoms with E-state index in [4.69, 9.17) is 0 Å². The van der Waals surface area contributed by atoms with Crippen LogP contribution in [0.3, 0.4) is 0 Å². The molecule has 2 N–H and O–H groups in total. The van der Waals surface area contributed by atoms with Crippen molar-refractivity contribution in [3.8, 4) is 0 Å². The minimum atomic E-state index is -0.0949. The Balaban J connectivity index is 1.90. The van der Waals surface area contributed by atoms with E-state index in [1.165, 1.54) is 0 Å². The van der Waals surface area contributed by atoms with Crippen LogP contribution in [0.25, 0.3) is 0 Å². The molecule has 0 saturated carbocycles. The largest absolute Gasteiger partial charge is 0.325 e. The zero-order valence-corrected chi connectivity index (χ0v) is 14.4. The number of hydrogen-bond acceptors (Lipinski definition) is 4. The number of likely N-dealkylation sites (N-methyl/N-ethyl adjacent to an activating group) is 1. The van der Waals surface area contributed by atoms with Gasteiger partial charge >= 0.3 is 0 Å². The van der Waals surface area contributed by atoms with E-state index in [-0.39, 0.29) is 17.9 Å². The van der Waals surface area contributed by atoms with Gasteiger partial charge in [-0.1, -0.05) is 6.08 Å². The Morgan fingerprint density at radius 2 is 1.88 bits per heavy atom. The molecule has 1 atom stereocenters. The van der Waals surface area contributed by atoms with Gasteiger partial charge in [0.1, 0.15) is 0 Å². The first kappa shape index (κ1) is 18.2. The molecule has 0 unspecified atom stereocenters. The third kappa shape index (κ3) is 5.18. The molecule has 1 heterocycles. The molecule has 1 fully saturated rings. The van der Waals surface area contributed by atoms with E-state index in [0.29, 0.717) is 12.2 Å². The number of nitrogens with one attached hydrogen (secondary N) is 2. The van der Waals surface area contributed by atoms with Gasteiger partial charge in [-0.3, -0.25) is 14.5 Å². The summed E-state index contributed by atoms with van der Waals surface area (Å²) in [7, 11) is 3.69. The van der Waals surface area contributed by atoms with E-state index >= 15 is 0 Å². The highest BCUT2D eigenvalue weighted by Crippen LogP contribution is 2.20. The molecule has 0 spiro atoms. The highest BCUT2D eigenvalue weighted by molar-refractivity contribution is 5.96. The summed E-state index contributed by atoms with van der Waals surface area (Å²) in [4.78, 5) is 28.1. The third-order valence-corrected chi connectivity index (χ3v) is 3.93. The van der Waals surface area contributed by atoms with Crippen LogP contribution in [-0.2, 0) is 9.59 Å². The van der Waals surface area contributed by atoms with E-state index in [2.05, 4.69) is 22.1 Å². The number of hydrogen-bond donors (Lipinski definition) is 2. The maximum Gasteiger partial charge on any atom is 0.241 e. The molecule has 2 rings (SSSR count). The normalized spacial score (nSPS) is 17.7. The summed E-state index contributed by atoms with van der Waals surface area (Å²) in [6.45, 7) is 5.74. The standard InChI is InChI=1S/C18H26N4O2/c1-4-11-22-12-5-6-16(22)18(24)20-15-9-7-14(8-10-15)19-17(23)13-21(2)3/h4,7-10,16H,1,5-6,11-13H2,2-3H3,(H,19,23)(H,20,24)/t16-/m0/s1. The van der Waals surface area contributed by atoms with Crippen molar-refractivity contribution in [1.29, 1.82) is 0 Å². The van der Waals surface area contributed by atoms with Crippen LogP contribution in [0.5, 0.6) is 0 Å². The fraction of sp³-hybridized carbons (Fsp3) is 0.444. The summed E-state index contributed by atoms with van der Waals surface area (Å²) in [6.07, 6.45) is 3.73. The number of benzene rings is 1. The van der Waals surface area contributed by atoms with Crippen molar-refractivity contribution >= 4 is 23.2 Å². The van der Waals surface area contributed by atoms with Crippen molar-refractivity contribution in [2.45, 2.75) is 18.9 Å². The molecule has 1 aromatic rings. The molecule has 1 aliphatic rings. The summed E-state index contributed by atoms with van der Waals surface area (Å²) in [5.74, 6) is -0.0541. The number of likely N-dealkylation sites (tertiary alicyclic amines) is 1. The fourth-order valence-electron chi connectivity index (χ4n) is 2.86. The van der Waals surface area contributed by atoms with Crippen LogP contribution >= 0.6 is 0 Å². The second-order valence-electron chi connectivity index (χ2n) is 6.29. The molecule has 24 heavy (non-hydrogen) atoms. The summed E-state index contributed by atoms with van der Waals surface area (Å²) < 4.78 is 0. The van der Waals surface area contributed by atoms with Crippen LogP contribution in [0.2, 0.25) is 0 Å². The zero-order valence-electron chi connectivity index (χ0n) is 14.4. The van der Waals surface area contributed by atoms with Gasteiger partial charge in [0.05, 0.1) is 12.6 Å². The van der Waals surface area contributed by atoms with E-state index in [1.807, 2.05) is 20.2 Å². The van der Waals surface area contributed by atoms with Crippen LogP contribution in [0.4, 0.5) is 11.4 Å². The van der Waals surface area contributed by atoms with Crippen molar-refractivity contribution in [2.75, 3.05) is 44.4 Å². The quantitative estimate of drug-likeness (QED) is 0.748. The first-order valence-corrected chi connectivity index (χ1v) is 8.20. The molecule has 1 aromatic carbocycles. The highest BCUT2D eigenvalue weighted by atomic mass is 16.2. The van der Waals surface area contributed by atoms with Gasteiger partial charge in [-0.25, -0.2) is 0 Å². The zero-order chi connectivity index (χ0) is 17.5. The number of amides is 2. The van der Waals surface area contributed by atoms with Crippen LogP contribution in [0.1, 0.15) is 12.8 Å². The number of anilines is 2. The predicted molar refractivity (Wildman–Crippen MR) is 97.0 cm³/mol. The predicted octanol–water partition coefficient (Wildman–Crippen LogP) is 1.78. The van der Waals surface area contributed by atoms with Crippen molar-refractivity contribution in [2.24, 2.45) is 0 Å². The minimum absolute atomic E-state index is 0.0127. The Labute approximate surface area is 143 Å². The van der Waals surface area contributed by atoms with Crippen molar-refractivity contribution in [3.63, 3.8) is 0 Å². The lowest BCUT2D eigenvalue weighted by Gasteiger charge is -2.22. The molecule has 0 aromatic heterocycles. The average Bonchev–Trinajstić information content (AvgIpc) is 2.97. The van der Waals surface area contributed by atoms with Crippen LogP contribution in [-0.4, -0.2) is 61.4 Å². The number of carbonyl (C=O) groups is 2. The highest BCUT2D eigenvalue weighted by Gasteiger charge is 2.29. The molecular formula is C18H26N4O2. The third-order valence-electron chi connectivity index (χ3n) is 3.93. The molecule has 0 radical (unpaired) electrons. The van der Waals surface area contributed by atoms with Gasteiger partial charge < -0.3 is 15.5 Å². The van der Waals surface area contributed by atoms with Gasteiger partial charge in [0.15, 0.2) is 0 Å². The SMILES string of the molecule is C=CCN1CCC[C@H]1C(=O)Nc1ccc(NC(=O)CN(C)C)cc1. The molecule has 6 nitrogen and oxygen atoms in total. The lowest BCUT2D eigenvalue weighted by atomic mass is 10.2. The molecule has 6 heteroatoms. The van der Waals surface area contributed by atoms with Crippen LogP contribution in [0.15, 0.2) is 36.9 Å². The van der Waals surface area contributed by atoms with Crippen molar-refractivity contribution < 1.29 is 9.59 Å². The summed E-state index contributed by atoms with van der Waals surface area (Å²) in [5.41, 5.74) is 1.45. The molecule has 1 saturated heterocycles. The maximum absolute atomic E-state index is 12.4. The van der Waals surface area contributed by atoms with E-state index in [1.54, 1.807) is 29.2 Å². The smallest absolute Gasteiger partial charge is 0.241 e. The molecule has 130 valence electrons. The van der Waals surface area contributed by atoms with Crippen LogP contribution in [0, 0.1) is 0 Å². The molecule has 2 amide bonds. The number of carbonyl (C=O) groups excluding carboxylic acids is 2. The van der Waals surface area contributed by atoms with Crippen molar-refractivity contribution in [1.82, 2.24) is 9.80 Å². The minimum Gasteiger partial charge on any atom is -0.325 e. The van der Waals surface area contributed by atoms with Crippen LogP contribution < -0.4 is 10.6 Å². The fourth-order valence-corrected chi connectivity index (χ4v) is 2.86. The Hall–Kier alpha value is -2.18. The van der Waals surface area contributed by atoms with E-state index < -0.39 is 0 Å². The molecule has 0 aliphatic carbocycles.